The highest BCUT2D eigenvalue weighted by molar-refractivity contribution is 5.94. The largest absolute Gasteiger partial charge is 0.507 e. The third-order valence-electron chi connectivity index (χ3n) is 2.46. The molecule has 0 aliphatic carbocycles. The Bertz CT molecular complexity index is 506. The minimum atomic E-state index is 0.234. The van der Waals surface area contributed by atoms with Gasteiger partial charge in [0.1, 0.15) is 17.2 Å². The van der Waals surface area contributed by atoms with Gasteiger partial charge in [0.15, 0.2) is 0 Å². The van der Waals surface area contributed by atoms with Crippen LogP contribution < -0.4 is 9.47 Å². The molecule has 16 heavy (non-hydrogen) atoms. The van der Waals surface area contributed by atoms with Crippen LogP contribution in [0.3, 0.4) is 0 Å². The average Bonchev–Trinajstić information content (AvgIpc) is 2.31. The van der Waals surface area contributed by atoms with Crippen LogP contribution in [-0.4, -0.2) is 18.8 Å². The first-order valence-electron chi connectivity index (χ1n) is 5.18. The molecule has 0 amide bonds. The molecule has 0 atom stereocenters. The van der Waals surface area contributed by atoms with Crippen molar-refractivity contribution < 1.29 is 14.6 Å². The van der Waals surface area contributed by atoms with E-state index in [0.29, 0.717) is 6.61 Å². The minimum Gasteiger partial charge on any atom is -0.507 e. The fourth-order valence-electron chi connectivity index (χ4n) is 1.72. The van der Waals surface area contributed by atoms with Gasteiger partial charge < -0.3 is 14.6 Å². The van der Waals surface area contributed by atoms with Crippen LogP contribution in [0.5, 0.6) is 17.2 Å². The summed E-state index contributed by atoms with van der Waals surface area (Å²) >= 11 is 0. The van der Waals surface area contributed by atoms with Gasteiger partial charge in [0, 0.05) is 10.8 Å². The smallest absolute Gasteiger partial charge is 0.126 e. The molecule has 2 aromatic carbocycles. The second-order valence-corrected chi connectivity index (χ2v) is 3.43. The van der Waals surface area contributed by atoms with Crippen LogP contribution in [-0.2, 0) is 0 Å². The summed E-state index contributed by atoms with van der Waals surface area (Å²) in [6.45, 7) is 2.53. The molecule has 0 aliphatic rings. The maximum atomic E-state index is 9.77. The molecule has 0 heterocycles. The van der Waals surface area contributed by atoms with Crippen molar-refractivity contribution in [2.24, 2.45) is 0 Å². The number of benzene rings is 2. The first-order chi connectivity index (χ1) is 7.76. The lowest BCUT2D eigenvalue weighted by Gasteiger charge is -2.09. The van der Waals surface area contributed by atoms with Crippen LogP contribution in [0, 0.1) is 0 Å². The Labute approximate surface area is 94.2 Å². The van der Waals surface area contributed by atoms with Crippen molar-refractivity contribution in [1.82, 2.24) is 0 Å². The number of rotatable bonds is 3. The zero-order valence-electron chi connectivity index (χ0n) is 9.36. The predicted molar refractivity (Wildman–Crippen MR) is 63.3 cm³/mol. The van der Waals surface area contributed by atoms with E-state index in [1.165, 1.54) is 0 Å². The minimum absolute atomic E-state index is 0.234. The monoisotopic (exact) mass is 218 g/mol. The van der Waals surface area contributed by atoms with Crippen LogP contribution >= 0.6 is 0 Å². The zero-order valence-corrected chi connectivity index (χ0v) is 9.36. The second kappa shape index (κ2) is 4.31. The summed E-state index contributed by atoms with van der Waals surface area (Å²) in [6.07, 6.45) is 0. The second-order valence-electron chi connectivity index (χ2n) is 3.43. The normalized spacial score (nSPS) is 10.4. The maximum absolute atomic E-state index is 9.77. The summed E-state index contributed by atoms with van der Waals surface area (Å²) in [5.41, 5.74) is 0. The van der Waals surface area contributed by atoms with Crippen molar-refractivity contribution >= 4 is 10.8 Å². The van der Waals surface area contributed by atoms with E-state index in [2.05, 4.69) is 0 Å². The molecule has 1 N–H and O–H groups in total. The van der Waals surface area contributed by atoms with Gasteiger partial charge in [-0.25, -0.2) is 0 Å². The van der Waals surface area contributed by atoms with E-state index in [-0.39, 0.29) is 5.75 Å². The molecule has 3 heteroatoms. The highest BCUT2D eigenvalue weighted by Crippen LogP contribution is 2.34. The van der Waals surface area contributed by atoms with Gasteiger partial charge in [-0.1, -0.05) is 0 Å². The van der Waals surface area contributed by atoms with Crippen LogP contribution in [0.2, 0.25) is 0 Å². The first kappa shape index (κ1) is 10.6. The molecule has 0 fully saturated rings. The fourth-order valence-corrected chi connectivity index (χ4v) is 1.72. The number of methoxy groups -OCH3 is 1. The van der Waals surface area contributed by atoms with E-state index in [9.17, 15) is 5.11 Å². The summed E-state index contributed by atoms with van der Waals surface area (Å²) < 4.78 is 10.6. The van der Waals surface area contributed by atoms with Gasteiger partial charge in [-0.15, -0.1) is 0 Å². The lowest BCUT2D eigenvalue weighted by atomic mass is 10.1. The Morgan fingerprint density at radius 2 is 1.94 bits per heavy atom. The fraction of sp³-hybridized carbons (Fsp3) is 0.231. The summed E-state index contributed by atoms with van der Waals surface area (Å²) in [5, 5.41) is 11.4. The van der Waals surface area contributed by atoms with E-state index < -0.39 is 0 Å². The lowest BCUT2D eigenvalue weighted by Crippen LogP contribution is -1.91. The topological polar surface area (TPSA) is 38.7 Å². The van der Waals surface area contributed by atoms with E-state index in [4.69, 9.17) is 9.47 Å². The molecule has 0 radical (unpaired) electrons. The molecule has 0 bridgehead atoms. The molecule has 2 rings (SSSR count). The number of phenolic OH excluding ortho intramolecular Hbond substituents is 1. The molecule has 0 aliphatic heterocycles. The maximum Gasteiger partial charge on any atom is 0.126 e. The first-order valence-corrected chi connectivity index (χ1v) is 5.18. The van der Waals surface area contributed by atoms with Gasteiger partial charge in [-0.2, -0.15) is 0 Å². The molecule has 0 aromatic heterocycles. The van der Waals surface area contributed by atoms with Crippen molar-refractivity contribution in [3.63, 3.8) is 0 Å². The third-order valence-corrected chi connectivity index (χ3v) is 2.46. The molecule has 0 spiro atoms. The number of hydrogen-bond donors (Lipinski definition) is 1. The zero-order chi connectivity index (χ0) is 11.5. The molecular formula is C13H14O3. The van der Waals surface area contributed by atoms with Crippen molar-refractivity contribution in [3.8, 4) is 17.2 Å². The third kappa shape index (κ3) is 1.76. The molecule has 3 nitrogen and oxygen atoms in total. The number of fused-ring (bicyclic) bond motifs is 1. The van der Waals surface area contributed by atoms with E-state index in [1.54, 1.807) is 19.2 Å². The number of hydrogen-bond acceptors (Lipinski definition) is 3. The summed E-state index contributed by atoms with van der Waals surface area (Å²) in [6, 6.07) is 8.94. The van der Waals surface area contributed by atoms with E-state index >= 15 is 0 Å². The van der Waals surface area contributed by atoms with Crippen molar-refractivity contribution in [2.75, 3.05) is 13.7 Å². The number of ether oxygens (including phenoxy) is 2. The molecule has 84 valence electrons. The molecule has 0 saturated carbocycles. The van der Waals surface area contributed by atoms with Crippen LogP contribution in [0.1, 0.15) is 6.92 Å². The van der Waals surface area contributed by atoms with Gasteiger partial charge in [0.2, 0.25) is 0 Å². The number of phenols is 1. The number of aromatic hydroxyl groups is 1. The van der Waals surface area contributed by atoms with Gasteiger partial charge in [0.25, 0.3) is 0 Å². The SMILES string of the molecule is CCOc1ccc2c(OC)ccc(O)c2c1. The predicted octanol–water partition coefficient (Wildman–Crippen LogP) is 2.95. The van der Waals surface area contributed by atoms with Crippen molar-refractivity contribution in [1.29, 1.82) is 0 Å². The van der Waals surface area contributed by atoms with Gasteiger partial charge in [-0.05, 0) is 37.3 Å². The van der Waals surface area contributed by atoms with Gasteiger partial charge in [0.05, 0.1) is 13.7 Å². The molecule has 0 unspecified atom stereocenters. The molecule has 0 saturated heterocycles. The van der Waals surface area contributed by atoms with E-state index in [1.807, 2.05) is 25.1 Å². The average molecular weight is 218 g/mol. The van der Waals surface area contributed by atoms with Crippen molar-refractivity contribution in [2.45, 2.75) is 6.92 Å². The Morgan fingerprint density at radius 3 is 2.62 bits per heavy atom. The van der Waals surface area contributed by atoms with Gasteiger partial charge in [-0.3, -0.25) is 0 Å². The lowest BCUT2D eigenvalue weighted by molar-refractivity contribution is 0.340. The Morgan fingerprint density at radius 1 is 1.12 bits per heavy atom. The highest BCUT2D eigenvalue weighted by atomic mass is 16.5. The molecular weight excluding hydrogens is 204 g/mol. The van der Waals surface area contributed by atoms with Crippen LogP contribution in [0.25, 0.3) is 10.8 Å². The molecule has 2 aromatic rings. The van der Waals surface area contributed by atoms with Crippen molar-refractivity contribution in [3.05, 3.63) is 30.3 Å². The summed E-state index contributed by atoms with van der Waals surface area (Å²) in [4.78, 5) is 0. The van der Waals surface area contributed by atoms with E-state index in [0.717, 1.165) is 22.3 Å². The summed E-state index contributed by atoms with van der Waals surface area (Å²) in [5.74, 6) is 1.73. The van der Waals surface area contributed by atoms with Crippen LogP contribution in [0.15, 0.2) is 30.3 Å². The highest BCUT2D eigenvalue weighted by Gasteiger charge is 2.06. The Kier molecular flexibility index (Phi) is 2.86. The van der Waals surface area contributed by atoms with Gasteiger partial charge >= 0.3 is 0 Å². The summed E-state index contributed by atoms with van der Waals surface area (Å²) in [7, 11) is 1.61. The Balaban J connectivity index is 2.63. The Hall–Kier alpha value is -1.90. The standard InChI is InChI=1S/C13H14O3/c1-3-16-9-4-5-10-11(8-9)12(14)6-7-13(10)15-2/h4-8,14H,3H2,1-2H3. The van der Waals surface area contributed by atoms with Crippen LogP contribution in [0.4, 0.5) is 0 Å². The quantitative estimate of drug-likeness (QED) is 0.860.